The van der Waals surface area contributed by atoms with Crippen LogP contribution < -0.4 is 5.32 Å². The molecule has 1 rings (SSSR count). The predicted octanol–water partition coefficient (Wildman–Crippen LogP) is 3.18. The number of isothiocyanates is 1. The second kappa shape index (κ2) is 4.82. The molecule has 0 saturated carbocycles. The van der Waals surface area contributed by atoms with Crippen molar-refractivity contribution in [3.63, 3.8) is 0 Å². The van der Waals surface area contributed by atoms with Gasteiger partial charge in [-0.2, -0.15) is 4.99 Å². The predicted molar refractivity (Wildman–Crippen MR) is 63.0 cm³/mol. The highest BCUT2D eigenvalue weighted by Crippen LogP contribution is 2.15. The third-order valence-corrected chi connectivity index (χ3v) is 1.56. The van der Waals surface area contributed by atoms with Crippen LogP contribution in [0.2, 0.25) is 0 Å². The third-order valence-electron chi connectivity index (χ3n) is 1.36. The molecule has 0 heterocycles. The van der Waals surface area contributed by atoms with Crippen molar-refractivity contribution >= 4 is 46.0 Å². The van der Waals surface area contributed by atoms with Crippen molar-refractivity contribution in [3.05, 3.63) is 24.3 Å². The highest BCUT2D eigenvalue weighted by molar-refractivity contribution is 7.80. The summed E-state index contributed by atoms with van der Waals surface area (Å²) in [5.41, 5.74) is 1.75. The molecular formula is C9H8N2S2. The number of hydrogen-bond acceptors (Lipinski definition) is 3. The molecule has 0 atom stereocenters. The molecule has 1 aromatic rings. The van der Waals surface area contributed by atoms with Crippen molar-refractivity contribution in [2.24, 2.45) is 4.99 Å². The van der Waals surface area contributed by atoms with Gasteiger partial charge in [-0.1, -0.05) is 12.2 Å². The van der Waals surface area contributed by atoms with E-state index in [-0.39, 0.29) is 0 Å². The average Bonchev–Trinajstić information content (AvgIpc) is 2.08. The maximum atomic E-state index is 4.90. The van der Waals surface area contributed by atoms with Crippen LogP contribution in [0.1, 0.15) is 6.92 Å². The van der Waals surface area contributed by atoms with E-state index in [1.165, 1.54) is 0 Å². The van der Waals surface area contributed by atoms with Gasteiger partial charge in [0.25, 0.3) is 0 Å². The number of benzene rings is 1. The van der Waals surface area contributed by atoms with Gasteiger partial charge in [0.2, 0.25) is 0 Å². The van der Waals surface area contributed by atoms with Crippen LogP contribution in [0.4, 0.5) is 11.4 Å². The maximum absolute atomic E-state index is 4.90. The van der Waals surface area contributed by atoms with Crippen LogP contribution in [-0.2, 0) is 0 Å². The van der Waals surface area contributed by atoms with Gasteiger partial charge < -0.3 is 5.32 Å². The van der Waals surface area contributed by atoms with Crippen molar-refractivity contribution in [2.75, 3.05) is 5.32 Å². The Balaban J connectivity index is 2.80. The molecule has 0 saturated heterocycles. The lowest BCUT2D eigenvalue weighted by atomic mass is 10.3. The van der Waals surface area contributed by atoms with Crippen LogP contribution in [0.3, 0.4) is 0 Å². The minimum atomic E-state index is 0.742. The maximum Gasteiger partial charge on any atom is 0.0765 e. The van der Waals surface area contributed by atoms with E-state index in [4.69, 9.17) is 12.2 Å². The number of aliphatic imine (C=N–C) groups is 1. The van der Waals surface area contributed by atoms with Gasteiger partial charge in [0.1, 0.15) is 0 Å². The molecule has 0 bridgehead atoms. The molecule has 1 aromatic carbocycles. The van der Waals surface area contributed by atoms with Crippen LogP contribution >= 0.6 is 24.4 Å². The largest absolute Gasteiger partial charge is 0.350 e. The van der Waals surface area contributed by atoms with E-state index < -0.39 is 0 Å². The van der Waals surface area contributed by atoms with Gasteiger partial charge in [-0.3, -0.25) is 0 Å². The lowest BCUT2D eigenvalue weighted by Crippen LogP contribution is -2.02. The molecule has 13 heavy (non-hydrogen) atoms. The number of nitrogens with one attached hydrogen (secondary N) is 1. The zero-order valence-electron chi connectivity index (χ0n) is 7.07. The molecule has 0 radical (unpaired) electrons. The fourth-order valence-electron chi connectivity index (χ4n) is 0.875. The van der Waals surface area contributed by atoms with Crippen molar-refractivity contribution < 1.29 is 0 Å². The molecule has 2 nitrogen and oxygen atoms in total. The Hall–Kier alpha value is -1.09. The first kappa shape index (κ1) is 9.99. The normalized spacial score (nSPS) is 8.69. The molecule has 0 aliphatic rings. The minimum Gasteiger partial charge on any atom is -0.350 e. The Labute approximate surface area is 87.7 Å². The number of thiocarbonyl (C=S) groups is 2. The Morgan fingerprint density at radius 2 is 2.00 bits per heavy atom. The van der Waals surface area contributed by atoms with Crippen LogP contribution in [0.25, 0.3) is 0 Å². The van der Waals surface area contributed by atoms with Gasteiger partial charge in [-0.25, -0.2) is 0 Å². The monoisotopic (exact) mass is 208 g/mol. The van der Waals surface area contributed by atoms with Crippen molar-refractivity contribution in [1.29, 1.82) is 0 Å². The van der Waals surface area contributed by atoms with E-state index in [0.717, 1.165) is 16.4 Å². The summed E-state index contributed by atoms with van der Waals surface area (Å²) < 4.78 is 0. The number of hydrogen-bond donors (Lipinski definition) is 1. The Kier molecular flexibility index (Phi) is 3.71. The first-order chi connectivity index (χ1) is 6.22. The summed E-state index contributed by atoms with van der Waals surface area (Å²) in [5.74, 6) is 0. The van der Waals surface area contributed by atoms with Gasteiger partial charge in [0.05, 0.1) is 15.8 Å². The molecule has 0 aliphatic carbocycles. The summed E-state index contributed by atoms with van der Waals surface area (Å²) in [6.07, 6.45) is 0. The molecule has 66 valence electrons. The molecule has 0 spiro atoms. The lowest BCUT2D eigenvalue weighted by Gasteiger charge is -2.02. The van der Waals surface area contributed by atoms with Crippen LogP contribution in [0.15, 0.2) is 29.3 Å². The van der Waals surface area contributed by atoms with Gasteiger partial charge >= 0.3 is 0 Å². The molecule has 0 fully saturated rings. The highest BCUT2D eigenvalue weighted by Gasteiger charge is 1.92. The quantitative estimate of drug-likeness (QED) is 0.596. The van der Waals surface area contributed by atoms with Gasteiger partial charge in [0, 0.05) is 5.69 Å². The molecule has 4 heteroatoms. The molecule has 0 aliphatic heterocycles. The zero-order chi connectivity index (χ0) is 9.68. The summed E-state index contributed by atoms with van der Waals surface area (Å²) in [6.45, 7) is 1.83. The van der Waals surface area contributed by atoms with E-state index in [1.807, 2.05) is 31.2 Å². The van der Waals surface area contributed by atoms with E-state index >= 15 is 0 Å². The minimum absolute atomic E-state index is 0.742. The Bertz CT molecular complexity index is 350. The first-order valence-corrected chi connectivity index (χ1v) is 4.49. The molecule has 0 amide bonds. The van der Waals surface area contributed by atoms with Crippen LogP contribution in [0.5, 0.6) is 0 Å². The van der Waals surface area contributed by atoms with Crippen LogP contribution in [0, 0.1) is 0 Å². The van der Waals surface area contributed by atoms with Crippen molar-refractivity contribution in [3.8, 4) is 0 Å². The SMILES string of the molecule is CC(=S)Nc1ccc(N=C=S)cc1. The van der Waals surface area contributed by atoms with E-state index in [1.54, 1.807) is 0 Å². The second-order valence-corrected chi connectivity index (χ2v) is 3.23. The molecular weight excluding hydrogens is 200 g/mol. The fraction of sp³-hybridized carbons (Fsp3) is 0.111. The van der Waals surface area contributed by atoms with Crippen molar-refractivity contribution in [1.82, 2.24) is 0 Å². The third kappa shape index (κ3) is 3.42. The van der Waals surface area contributed by atoms with E-state index in [0.29, 0.717) is 0 Å². The standard InChI is InChI=1S/C9H8N2S2/c1-7(13)11-9-4-2-8(3-5-9)10-6-12/h2-5H,1H3,(H,11,13). The topological polar surface area (TPSA) is 24.4 Å². The highest BCUT2D eigenvalue weighted by atomic mass is 32.1. The van der Waals surface area contributed by atoms with Crippen molar-refractivity contribution in [2.45, 2.75) is 6.92 Å². The van der Waals surface area contributed by atoms with Gasteiger partial charge in [-0.15, -0.1) is 0 Å². The average molecular weight is 208 g/mol. The number of nitrogens with zero attached hydrogens (tertiary/aromatic N) is 1. The molecule has 0 unspecified atom stereocenters. The Morgan fingerprint density at radius 3 is 2.46 bits per heavy atom. The van der Waals surface area contributed by atoms with Gasteiger partial charge in [-0.05, 0) is 43.4 Å². The summed E-state index contributed by atoms with van der Waals surface area (Å²) in [6, 6.07) is 7.47. The fourth-order valence-corrected chi connectivity index (χ4v) is 1.10. The first-order valence-electron chi connectivity index (χ1n) is 3.68. The van der Waals surface area contributed by atoms with E-state index in [9.17, 15) is 0 Å². The summed E-state index contributed by atoms with van der Waals surface area (Å²) in [4.78, 5) is 4.57. The van der Waals surface area contributed by atoms with Gasteiger partial charge in [0.15, 0.2) is 0 Å². The summed E-state index contributed by atoms with van der Waals surface area (Å²) >= 11 is 9.38. The number of rotatable bonds is 2. The Morgan fingerprint density at radius 1 is 1.38 bits per heavy atom. The molecule has 0 aromatic heterocycles. The molecule has 1 N–H and O–H groups in total. The summed E-state index contributed by atoms with van der Waals surface area (Å²) in [7, 11) is 0. The number of anilines is 1. The van der Waals surface area contributed by atoms with Crippen LogP contribution in [-0.4, -0.2) is 10.1 Å². The smallest absolute Gasteiger partial charge is 0.0765 e. The lowest BCUT2D eigenvalue weighted by molar-refractivity contribution is 1.54. The second-order valence-electron chi connectivity index (χ2n) is 2.43. The summed E-state index contributed by atoms with van der Waals surface area (Å²) in [5, 5.41) is 5.32. The zero-order valence-corrected chi connectivity index (χ0v) is 8.71. The van der Waals surface area contributed by atoms with E-state index in [2.05, 4.69) is 27.7 Å².